The molecule has 0 fully saturated rings. The molecule has 0 spiro atoms. The van der Waals surface area contributed by atoms with Gasteiger partial charge >= 0.3 is 0 Å². The van der Waals surface area contributed by atoms with Crippen molar-refractivity contribution in [1.82, 2.24) is 24.7 Å². The number of imidazole rings is 1. The van der Waals surface area contributed by atoms with Crippen molar-refractivity contribution in [2.24, 2.45) is 0 Å². The Balaban J connectivity index is 0.000000215. The normalized spacial score (nSPS) is 12.4. The molecule has 6 nitrogen and oxygen atoms in total. The summed E-state index contributed by atoms with van der Waals surface area (Å²) in [6.45, 7) is 8.48. The number of hydrogen-bond acceptors (Lipinski definition) is 5. The predicted octanol–water partition coefficient (Wildman–Crippen LogP) is 10.7. The number of hydrogen-bond donors (Lipinski definition) is 0. The molecule has 0 unspecified atom stereocenters. The van der Waals surface area contributed by atoms with Gasteiger partial charge in [-0.2, -0.15) is 10.2 Å². The van der Waals surface area contributed by atoms with E-state index in [-0.39, 0.29) is 31.2 Å². The minimum Gasteiger partial charge on any atom is -0.501 e. The van der Waals surface area contributed by atoms with Crippen LogP contribution in [0.3, 0.4) is 0 Å². The molecule has 1 radical (unpaired) electrons. The van der Waals surface area contributed by atoms with Gasteiger partial charge in [-0.3, -0.25) is 9.37 Å². The minimum absolute atomic E-state index is 0. The largest absolute Gasteiger partial charge is 0.501 e. The summed E-state index contributed by atoms with van der Waals surface area (Å²) in [5.74, 6) is 0.823. The molecule has 0 saturated heterocycles. The van der Waals surface area contributed by atoms with Crippen molar-refractivity contribution in [3.05, 3.63) is 138 Å². The standard InChI is InChI=1S/C29H25N4O.C13H11FN.Ir/c1-17(2)19-10-7-11-20(18(3)4)27(19)33-25-16-31-30-15-24(25)32-29(33)23-13-8-12-22-21-9-5-6-14-26(21)34-28(22)23;1-9-3-5-11(12(14)7-9)13-6-4-10(2)8-15-13;/h5-12,14-18H,1-4H3;3-4,6-8H,1-2H3;/q2*-1;/i;1D3;. The Labute approximate surface area is 309 Å². The van der Waals surface area contributed by atoms with E-state index in [1.54, 1.807) is 24.7 Å². The molecule has 8 aromatic rings. The first kappa shape index (κ1) is 31.0. The molecule has 253 valence electrons. The van der Waals surface area contributed by atoms with Gasteiger partial charge in [0.2, 0.25) is 0 Å². The fraction of sp³-hybridized carbons (Fsp3) is 0.190. The SMILES string of the molecule is CC(C)c1cccc(C(C)C)c1-n1c(-c2[c-]ccc3c2oc2ccccc23)nc2cnncc21.[2H]C([2H])([2H])c1c[c-]c(-c2ccc(C)cn2)c(F)c1.[Ir]. The Bertz CT molecular complexity index is 2530. The Hall–Kier alpha value is -5.04. The molecule has 0 aliphatic rings. The Morgan fingerprint density at radius 3 is 2.28 bits per heavy atom. The Morgan fingerprint density at radius 1 is 0.820 bits per heavy atom. The van der Waals surface area contributed by atoms with Crippen molar-refractivity contribution in [2.75, 3.05) is 0 Å². The smallest absolute Gasteiger partial charge is 0.120 e. The molecule has 8 rings (SSSR count). The van der Waals surface area contributed by atoms with E-state index >= 15 is 0 Å². The van der Waals surface area contributed by atoms with Crippen molar-refractivity contribution < 1.29 is 33.0 Å². The average molecular weight is 841 g/mol. The maximum Gasteiger partial charge on any atom is 0.120 e. The molecule has 0 bridgehead atoms. The molecule has 4 aromatic carbocycles. The van der Waals surface area contributed by atoms with E-state index in [4.69, 9.17) is 13.5 Å². The number of pyridine rings is 1. The van der Waals surface area contributed by atoms with Crippen LogP contribution >= 0.6 is 0 Å². The summed E-state index contributed by atoms with van der Waals surface area (Å²) < 4.78 is 44.1. The van der Waals surface area contributed by atoms with E-state index in [0.29, 0.717) is 17.5 Å². The minimum atomic E-state index is -2.32. The van der Waals surface area contributed by atoms with Crippen molar-refractivity contribution >= 4 is 33.0 Å². The molecule has 0 saturated carbocycles. The van der Waals surface area contributed by atoms with Gasteiger partial charge in [0, 0.05) is 47.3 Å². The Morgan fingerprint density at radius 2 is 1.58 bits per heavy atom. The number of para-hydroxylation sites is 2. The van der Waals surface area contributed by atoms with Gasteiger partial charge < -0.3 is 14.0 Å². The Kier molecular flexibility index (Phi) is 8.95. The van der Waals surface area contributed by atoms with Gasteiger partial charge in [0.25, 0.3) is 0 Å². The number of nitrogens with zero attached hydrogens (tertiary/aromatic N) is 5. The number of furan rings is 1. The van der Waals surface area contributed by atoms with Crippen LogP contribution in [0.1, 0.15) is 65.9 Å². The van der Waals surface area contributed by atoms with Crippen molar-refractivity contribution in [3.63, 3.8) is 0 Å². The molecule has 0 aliphatic carbocycles. The molecular formula is C42H36FIrN5O-2. The molecule has 0 atom stereocenters. The van der Waals surface area contributed by atoms with Gasteiger partial charge in [0.05, 0.1) is 34.8 Å². The molecule has 0 N–H and O–H groups in total. The van der Waals surface area contributed by atoms with Gasteiger partial charge in [0.1, 0.15) is 5.58 Å². The van der Waals surface area contributed by atoms with Gasteiger partial charge in [-0.25, -0.2) is 0 Å². The van der Waals surface area contributed by atoms with Crippen LogP contribution in [0.5, 0.6) is 0 Å². The zero-order chi connectivity index (χ0) is 36.7. The zero-order valence-corrected chi connectivity index (χ0v) is 30.6. The molecule has 4 heterocycles. The second kappa shape index (κ2) is 14.4. The van der Waals surface area contributed by atoms with Crippen LogP contribution < -0.4 is 0 Å². The van der Waals surface area contributed by atoms with E-state index in [1.165, 1.54) is 17.2 Å². The summed E-state index contributed by atoms with van der Waals surface area (Å²) in [6, 6.07) is 30.6. The summed E-state index contributed by atoms with van der Waals surface area (Å²) in [5, 5.41) is 10.5. The quantitative estimate of drug-likeness (QED) is 0.162. The molecule has 0 aliphatic heterocycles. The second-order valence-electron chi connectivity index (χ2n) is 12.7. The van der Waals surface area contributed by atoms with Crippen LogP contribution in [0.15, 0.2) is 102 Å². The molecule has 4 aromatic heterocycles. The fourth-order valence-electron chi connectivity index (χ4n) is 6.15. The van der Waals surface area contributed by atoms with Gasteiger partial charge in [-0.1, -0.05) is 99.6 Å². The third-order valence-electron chi connectivity index (χ3n) is 8.56. The summed E-state index contributed by atoms with van der Waals surface area (Å²) in [7, 11) is 0. The van der Waals surface area contributed by atoms with E-state index in [1.807, 2.05) is 37.3 Å². The van der Waals surface area contributed by atoms with E-state index in [9.17, 15) is 4.39 Å². The summed E-state index contributed by atoms with van der Waals surface area (Å²) in [5.41, 5.74) is 9.40. The molecule has 0 amide bonds. The number of rotatable bonds is 5. The van der Waals surface area contributed by atoms with E-state index < -0.39 is 12.7 Å². The molecular weight excluding hydrogens is 802 g/mol. The number of aryl methyl sites for hydroxylation is 2. The van der Waals surface area contributed by atoms with Gasteiger partial charge in [-0.15, -0.1) is 42.0 Å². The van der Waals surface area contributed by atoms with E-state index in [2.05, 4.69) is 89.9 Å². The van der Waals surface area contributed by atoms with Crippen LogP contribution in [0.2, 0.25) is 0 Å². The first-order chi connectivity index (χ1) is 24.9. The molecule has 50 heavy (non-hydrogen) atoms. The number of aromatic nitrogens is 5. The number of fused-ring (bicyclic) bond motifs is 4. The summed E-state index contributed by atoms with van der Waals surface area (Å²) in [6.07, 6.45) is 5.15. The third kappa shape index (κ3) is 6.49. The van der Waals surface area contributed by atoms with Crippen molar-refractivity contribution in [1.29, 1.82) is 0 Å². The van der Waals surface area contributed by atoms with Crippen LogP contribution in [0.25, 0.3) is 61.3 Å². The van der Waals surface area contributed by atoms with Crippen molar-refractivity contribution in [3.8, 4) is 28.3 Å². The van der Waals surface area contributed by atoms with Gasteiger partial charge in [-0.05, 0) is 47.2 Å². The monoisotopic (exact) mass is 841 g/mol. The van der Waals surface area contributed by atoms with Crippen LogP contribution in [0.4, 0.5) is 4.39 Å². The predicted molar refractivity (Wildman–Crippen MR) is 194 cm³/mol. The topological polar surface area (TPSA) is 69.6 Å². The maximum absolute atomic E-state index is 13.8. The molecule has 8 heteroatoms. The number of benzene rings is 4. The summed E-state index contributed by atoms with van der Waals surface area (Å²) >= 11 is 0. The van der Waals surface area contributed by atoms with Gasteiger partial charge in [0.15, 0.2) is 0 Å². The average Bonchev–Trinajstić information content (AvgIpc) is 3.70. The van der Waals surface area contributed by atoms with E-state index in [0.717, 1.165) is 61.7 Å². The number of halogens is 1. The van der Waals surface area contributed by atoms with Crippen LogP contribution in [0, 0.1) is 31.7 Å². The van der Waals surface area contributed by atoms with Crippen LogP contribution in [-0.4, -0.2) is 24.7 Å². The second-order valence-corrected chi connectivity index (χ2v) is 12.7. The maximum atomic E-state index is 13.8. The third-order valence-corrected chi connectivity index (χ3v) is 8.56. The zero-order valence-electron chi connectivity index (χ0n) is 31.2. The first-order valence-electron chi connectivity index (χ1n) is 17.7. The first-order valence-corrected chi connectivity index (χ1v) is 16.2. The summed E-state index contributed by atoms with van der Waals surface area (Å²) in [4.78, 5) is 9.14. The van der Waals surface area contributed by atoms with Crippen LogP contribution in [-0.2, 0) is 20.1 Å². The van der Waals surface area contributed by atoms with Crippen molar-refractivity contribution in [2.45, 2.75) is 53.3 Å². The fourth-order valence-corrected chi connectivity index (χ4v) is 6.15.